The predicted molar refractivity (Wildman–Crippen MR) is 76.1 cm³/mol. The van der Waals surface area contributed by atoms with Crippen molar-refractivity contribution in [3.05, 3.63) is 58.6 Å². The third kappa shape index (κ3) is 3.55. The van der Waals surface area contributed by atoms with Crippen LogP contribution < -0.4 is 5.32 Å². The maximum Gasteiger partial charge on any atom is 0.330 e. The van der Waals surface area contributed by atoms with Crippen molar-refractivity contribution in [3.63, 3.8) is 0 Å². The Labute approximate surface area is 125 Å². The summed E-state index contributed by atoms with van der Waals surface area (Å²) in [5.41, 5.74) is 1.01. The molecule has 0 unspecified atom stereocenters. The third-order valence-corrected chi connectivity index (χ3v) is 3.10. The first-order valence-electron chi connectivity index (χ1n) is 6.06. The molecule has 0 saturated heterocycles. The fraction of sp³-hybridized carbons (Fsp3) is 0.143. The van der Waals surface area contributed by atoms with Crippen LogP contribution in [0.3, 0.4) is 0 Å². The van der Waals surface area contributed by atoms with Gasteiger partial charge in [-0.05, 0) is 13.0 Å². The lowest BCUT2D eigenvalue weighted by Crippen LogP contribution is -2.34. The van der Waals surface area contributed by atoms with Crippen LogP contribution in [0.5, 0.6) is 0 Å². The highest BCUT2D eigenvalue weighted by molar-refractivity contribution is 6.31. The molecule has 1 aromatic carbocycles. The number of aliphatic carboxylic acids is 1. The Hall–Kier alpha value is -2.47. The number of carboxylic acids is 1. The smallest absolute Gasteiger partial charge is 0.330 e. The highest BCUT2D eigenvalue weighted by atomic mass is 35.5. The molecule has 7 heteroatoms. The van der Waals surface area contributed by atoms with Gasteiger partial charge in [-0.1, -0.05) is 29.8 Å². The van der Waals surface area contributed by atoms with Crippen molar-refractivity contribution >= 4 is 23.5 Å². The second-order valence-corrected chi connectivity index (χ2v) is 4.72. The van der Waals surface area contributed by atoms with E-state index < -0.39 is 17.9 Å². The monoisotopic (exact) mass is 305 g/mol. The minimum Gasteiger partial charge on any atom is -0.479 e. The Morgan fingerprint density at radius 3 is 2.52 bits per heavy atom. The van der Waals surface area contributed by atoms with E-state index in [1.165, 1.54) is 12.4 Å². The highest BCUT2D eigenvalue weighted by Crippen LogP contribution is 2.23. The molecule has 2 aromatic rings. The lowest BCUT2D eigenvalue weighted by molar-refractivity contribution is -0.139. The zero-order valence-corrected chi connectivity index (χ0v) is 11.8. The standard InChI is InChI=1S/C14H12ClN3O3/c1-8-6-17-11(7-16-8)13(19)18-12(14(20)21)9-4-2-3-5-10(9)15/h2-7,12H,1H3,(H,18,19)(H,20,21)/t12-/m1/s1. The van der Waals surface area contributed by atoms with Gasteiger partial charge in [0.1, 0.15) is 5.69 Å². The first-order chi connectivity index (χ1) is 9.99. The molecule has 1 aromatic heterocycles. The van der Waals surface area contributed by atoms with Crippen LogP contribution in [-0.2, 0) is 4.79 Å². The number of aromatic nitrogens is 2. The van der Waals surface area contributed by atoms with Gasteiger partial charge >= 0.3 is 5.97 Å². The summed E-state index contributed by atoms with van der Waals surface area (Å²) >= 11 is 5.97. The summed E-state index contributed by atoms with van der Waals surface area (Å²) in [6, 6.07) is 5.18. The Bertz CT molecular complexity index is 673. The minimum atomic E-state index is -1.26. The fourth-order valence-corrected chi connectivity index (χ4v) is 1.94. The van der Waals surface area contributed by atoms with Crippen molar-refractivity contribution in [2.75, 3.05) is 0 Å². The van der Waals surface area contributed by atoms with E-state index in [9.17, 15) is 14.7 Å². The molecule has 0 spiro atoms. The summed E-state index contributed by atoms with van der Waals surface area (Å²) in [5.74, 6) is -1.84. The molecule has 1 heterocycles. The maximum absolute atomic E-state index is 12.0. The van der Waals surface area contributed by atoms with Crippen LogP contribution in [0.25, 0.3) is 0 Å². The van der Waals surface area contributed by atoms with E-state index >= 15 is 0 Å². The molecule has 0 aliphatic heterocycles. The average molecular weight is 306 g/mol. The number of carbonyl (C=O) groups is 2. The van der Waals surface area contributed by atoms with Gasteiger partial charge in [0.05, 0.1) is 11.9 Å². The van der Waals surface area contributed by atoms with Crippen LogP contribution in [0.1, 0.15) is 27.8 Å². The van der Waals surface area contributed by atoms with Crippen molar-refractivity contribution in [1.82, 2.24) is 15.3 Å². The zero-order valence-electron chi connectivity index (χ0n) is 11.1. The van der Waals surface area contributed by atoms with Gasteiger partial charge in [0, 0.05) is 16.8 Å². The molecular weight excluding hydrogens is 294 g/mol. The number of halogens is 1. The molecule has 0 fully saturated rings. The molecule has 1 atom stereocenters. The maximum atomic E-state index is 12.0. The number of hydrogen-bond acceptors (Lipinski definition) is 4. The molecule has 0 bridgehead atoms. The summed E-state index contributed by atoms with van der Waals surface area (Å²) in [6.45, 7) is 1.73. The number of hydrogen-bond donors (Lipinski definition) is 2. The molecule has 2 rings (SSSR count). The van der Waals surface area contributed by atoms with Gasteiger partial charge < -0.3 is 10.4 Å². The van der Waals surface area contributed by atoms with E-state index in [-0.39, 0.29) is 10.7 Å². The van der Waals surface area contributed by atoms with E-state index in [1.807, 2.05) is 0 Å². The van der Waals surface area contributed by atoms with Gasteiger partial charge in [0.15, 0.2) is 6.04 Å². The van der Waals surface area contributed by atoms with E-state index in [2.05, 4.69) is 15.3 Å². The summed E-state index contributed by atoms with van der Waals surface area (Å²) in [5, 5.41) is 11.9. The van der Waals surface area contributed by atoms with Gasteiger partial charge in [-0.25, -0.2) is 9.78 Å². The molecule has 0 aliphatic rings. The summed E-state index contributed by atoms with van der Waals surface area (Å²) in [6.07, 6.45) is 2.72. The molecule has 0 saturated carbocycles. The number of rotatable bonds is 4. The number of benzene rings is 1. The number of nitrogens with one attached hydrogen (secondary N) is 1. The van der Waals surface area contributed by atoms with E-state index in [1.54, 1.807) is 31.2 Å². The van der Waals surface area contributed by atoms with Gasteiger partial charge in [0.25, 0.3) is 5.91 Å². The second-order valence-electron chi connectivity index (χ2n) is 4.31. The first kappa shape index (κ1) is 14.9. The van der Waals surface area contributed by atoms with Crippen molar-refractivity contribution in [3.8, 4) is 0 Å². The lowest BCUT2D eigenvalue weighted by Gasteiger charge is -2.15. The van der Waals surface area contributed by atoms with Crippen LogP contribution in [-0.4, -0.2) is 27.0 Å². The zero-order chi connectivity index (χ0) is 15.4. The van der Waals surface area contributed by atoms with E-state index in [4.69, 9.17) is 11.6 Å². The minimum absolute atomic E-state index is 0.0407. The molecule has 1 amide bonds. The van der Waals surface area contributed by atoms with Crippen molar-refractivity contribution in [2.45, 2.75) is 13.0 Å². The quantitative estimate of drug-likeness (QED) is 0.901. The molecule has 0 aliphatic carbocycles. The van der Waals surface area contributed by atoms with Crippen LogP contribution in [0, 0.1) is 6.92 Å². The fourth-order valence-electron chi connectivity index (χ4n) is 1.70. The lowest BCUT2D eigenvalue weighted by atomic mass is 10.1. The number of carbonyl (C=O) groups excluding carboxylic acids is 1. The largest absolute Gasteiger partial charge is 0.479 e. The summed E-state index contributed by atoms with van der Waals surface area (Å²) in [7, 11) is 0. The first-order valence-corrected chi connectivity index (χ1v) is 6.43. The Morgan fingerprint density at radius 2 is 1.95 bits per heavy atom. The molecule has 21 heavy (non-hydrogen) atoms. The topological polar surface area (TPSA) is 92.2 Å². The Kier molecular flexibility index (Phi) is 4.49. The molecule has 108 valence electrons. The van der Waals surface area contributed by atoms with Gasteiger partial charge in [-0.15, -0.1) is 0 Å². The van der Waals surface area contributed by atoms with Crippen LogP contribution in [0.2, 0.25) is 5.02 Å². The van der Waals surface area contributed by atoms with Crippen LogP contribution >= 0.6 is 11.6 Å². The Morgan fingerprint density at radius 1 is 1.24 bits per heavy atom. The van der Waals surface area contributed by atoms with E-state index in [0.717, 1.165) is 0 Å². The van der Waals surface area contributed by atoms with Crippen molar-refractivity contribution < 1.29 is 14.7 Å². The Balaban J connectivity index is 2.25. The number of nitrogens with zero attached hydrogens (tertiary/aromatic N) is 2. The SMILES string of the molecule is Cc1cnc(C(=O)N[C@@H](C(=O)O)c2ccccc2Cl)cn1. The summed E-state index contributed by atoms with van der Waals surface area (Å²) in [4.78, 5) is 31.3. The molecular formula is C14H12ClN3O3. The molecule has 0 radical (unpaired) electrons. The van der Waals surface area contributed by atoms with Crippen LogP contribution in [0.15, 0.2) is 36.7 Å². The molecule has 6 nitrogen and oxygen atoms in total. The third-order valence-electron chi connectivity index (χ3n) is 2.75. The summed E-state index contributed by atoms with van der Waals surface area (Å²) < 4.78 is 0. The molecule has 2 N–H and O–H groups in total. The van der Waals surface area contributed by atoms with Crippen molar-refractivity contribution in [2.24, 2.45) is 0 Å². The second kappa shape index (κ2) is 6.32. The highest BCUT2D eigenvalue weighted by Gasteiger charge is 2.25. The van der Waals surface area contributed by atoms with Gasteiger partial charge in [-0.3, -0.25) is 9.78 Å². The number of amides is 1. The van der Waals surface area contributed by atoms with Gasteiger partial charge in [-0.2, -0.15) is 0 Å². The van der Waals surface area contributed by atoms with Gasteiger partial charge in [0.2, 0.25) is 0 Å². The number of aryl methyl sites for hydroxylation is 1. The van der Waals surface area contributed by atoms with E-state index in [0.29, 0.717) is 11.3 Å². The predicted octanol–water partition coefficient (Wildman–Crippen LogP) is 1.99. The van der Waals surface area contributed by atoms with Crippen LogP contribution in [0.4, 0.5) is 0 Å². The normalized spacial score (nSPS) is 11.7. The number of carboxylic acid groups (broad SMARTS) is 1. The average Bonchev–Trinajstić information content (AvgIpc) is 2.46. The van der Waals surface area contributed by atoms with Crippen molar-refractivity contribution in [1.29, 1.82) is 0 Å².